The summed E-state index contributed by atoms with van der Waals surface area (Å²) in [6.45, 7) is 0. The second-order valence-corrected chi connectivity index (χ2v) is 2.45. The van der Waals surface area contributed by atoms with Crippen LogP contribution in [0.3, 0.4) is 0 Å². The molecule has 0 fully saturated rings. The Morgan fingerprint density at radius 2 is 2.00 bits per heavy atom. The van der Waals surface area contributed by atoms with Crippen LogP contribution in [-0.2, 0) is 0 Å². The third-order valence-electron chi connectivity index (χ3n) is 1.41. The highest BCUT2D eigenvalue weighted by Crippen LogP contribution is 2.33. The van der Waals surface area contributed by atoms with Crippen molar-refractivity contribution in [3.05, 3.63) is 18.2 Å². The molecule has 1 aromatic rings. The second-order valence-electron chi connectivity index (χ2n) is 2.45. The number of anilines is 1. The fourth-order valence-corrected chi connectivity index (χ4v) is 0.829. The molecule has 1 radical (unpaired) electrons. The van der Waals surface area contributed by atoms with Gasteiger partial charge in [-0.2, -0.15) is 0 Å². The highest BCUT2D eigenvalue weighted by Gasteiger charge is 2.06. The molecule has 0 aliphatic rings. The molecule has 0 heterocycles. The first-order valence-corrected chi connectivity index (χ1v) is 3.23. The van der Waals surface area contributed by atoms with Crippen molar-refractivity contribution < 1.29 is 10.2 Å². The largest absolute Gasteiger partial charge is 0.504 e. The predicted octanol–water partition coefficient (Wildman–Crippen LogP) is 0.964. The third-order valence-corrected chi connectivity index (χ3v) is 1.41. The van der Waals surface area contributed by atoms with Crippen LogP contribution in [0.5, 0.6) is 11.5 Å². The average molecular weight is 152 g/mol. The summed E-state index contributed by atoms with van der Waals surface area (Å²) in [7, 11) is 3.57. The number of hydrogen-bond acceptors (Lipinski definition) is 3. The smallest absolute Gasteiger partial charge is 0.182 e. The normalized spacial score (nSPS) is 9.64. The highest BCUT2D eigenvalue weighted by atomic mass is 16.3. The Morgan fingerprint density at radius 1 is 1.36 bits per heavy atom. The van der Waals surface area contributed by atoms with Gasteiger partial charge in [-0.1, -0.05) is 0 Å². The molecular formula is C8H10NO2. The van der Waals surface area contributed by atoms with E-state index in [1.807, 2.05) is 0 Å². The van der Waals surface area contributed by atoms with Crippen molar-refractivity contribution in [3.8, 4) is 11.5 Å². The van der Waals surface area contributed by atoms with Gasteiger partial charge in [-0.25, -0.2) is 0 Å². The maximum absolute atomic E-state index is 9.25. The summed E-state index contributed by atoms with van der Waals surface area (Å²) in [6.07, 6.45) is 0. The van der Waals surface area contributed by atoms with E-state index in [-0.39, 0.29) is 11.5 Å². The molecule has 3 heteroatoms. The maximum Gasteiger partial charge on any atom is 0.182 e. The molecule has 0 saturated heterocycles. The molecule has 1 rings (SSSR count). The Labute approximate surface area is 65.5 Å². The van der Waals surface area contributed by atoms with Crippen LogP contribution in [0.1, 0.15) is 0 Å². The minimum Gasteiger partial charge on any atom is -0.504 e. The van der Waals surface area contributed by atoms with E-state index in [2.05, 4.69) is 6.07 Å². The Bertz CT molecular complexity index is 258. The van der Waals surface area contributed by atoms with Gasteiger partial charge in [-0.3, -0.25) is 0 Å². The van der Waals surface area contributed by atoms with E-state index >= 15 is 0 Å². The first kappa shape index (κ1) is 7.72. The summed E-state index contributed by atoms with van der Waals surface area (Å²) in [4.78, 5) is 1.71. The molecule has 0 bridgehead atoms. The van der Waals surface area contributed by atoms with E-state index in [9.17, 15) is 5.11 Å². The Morgan fingerprint density at radius 3 is 2.45 bits per heavy atom. The van der Waals surface area contributed by atoms with Crippen LogP contribution in [0.2, 0.25) is 0 Å². The second kappa shape index (κ2) is 2.70. The fraction of sp³-hybridized carbons (Fsp3) is 0.250. The van der Waals surface area contributed by atoms with Crippen LogP contribution in [0.15, 0.2) is 12.1 Å². The summed E-state index contributed by atoms with van der Waals surface area (Å²) in [5.74, 6) is -0.339. The number of rotatable bonds is 1. The van der Waals surface area contributed by atoms with Gasteiger partial charge in [-0.05, 0) is 12.1 Å². The van der Waals surface area contributed by atoms with Crippen molar-refractivity contribution in [1.82, 2.24) is 0 Å². The minimum absolute atomic E-state index is 0.127. The quantitative estimate of drug-likeness (QED) is 0.589. The Hall–Kier alpha value is -1.38. The first-order valence-electron chi connectivity index (χ1n) is 3.23. The SMILES string of the molecule is CN(C)c1cc[c]c(O)c1O. The zero-order chi connectivity index (χ0) is 8.43. The first-order chi connectivity index (χ1) is 5.13. The number of aromatic hydroxyl groups is 2. The van der Waals surface area contributed by atoms with Gasteiger partial charge in [0.15, 0.2) is 11.5 Å². The molecule has 2 N–H and O–H groups in total. The van der Waals surface area contributed by atoms with Crippen molar-refractivity contribution in [2.45, 2.75) is 0 Å². The summed E-state index contributed by atoms with van der Waals surface area (Å²) < 4.78 is 0. The lowest BCUT2D eigenvalue weighted by atomic mass is 10.2. The molecular weight excluding hydrogens is 142 g/mol. The molecule has 0 aliphatic carbocycles. The van der Waals surface area contributed by atoms with Gasteiger partial charge in [0.1, 0.15) is 0 Å². The number of phenolic OH excluding ortho intramolecular Hbond substituents is 2. The van der Waals surface area contributed by atoms with Crippen molar-refractivity contribution in [3.63, 3.8) is 0 Å². The fourth-order valence-electron chi connectivity index (χ4n) is 0.829. The molecule has 0 saturated carbocycles. The third kappa shape index (κ3) is 1.37. The highest BCUT2D eigenvalue weighted by molar-refractivity contribution is 5.62. The van der Waals surface area contributed by atoms with Gasteiger partial charge in [0.25, 0.3) is 0 Å². The summed E-state index contributed by atoms with van der Waals surface area (Å²) in [5.41, 5.74) is 0.584. The monoisotopic (exact) mass is 152 g/mol. The predicted molar refractivity (Wildman–Crippen MR) is 42.9 cm³/mol. The van der Waals surface area contributed by atoms with E-state index in [0.29, 0.717) is 5.69 Å². The molecule has 0 amide bonds. The van der Waals surface area contributed by atoms with Crippen molar-refractivity contribution in [2.24, 2.45) is 0 Å². The van der Waals surface area contributed by atoms with Crippen LogP contribution in [0, 0.1) is 6.07 Å². The van der Waals surface area contributed by atoms with Crippen LogP contribution in [-0.4, -0.2) is 24.3 Å². The average Bonchev–Trinajstić information content (AvgIpc) is 1.94. The maximum atomic E-state index is 9.25. The zero-order valence-electron chi connectivity index (χ0n) is 6.50. The molecule has 0 atom stereocenters. The molecule has 0 aliphatic heterocycles. The Balaban J connectivity index is 3.17. The van der Waals surface area contributed by atoms with Gasteiger partial charge in [0.05, 0.1) is 5.69 Å². The van der Waals surface area contributed by atoms with Crippen molar-refractivity contribution >= 4 is 5.69 Å². The molecule has 0 aromatic heterocycles. The lowest BCUT2D eigenvalue weighted by Crippen LogP contribution is -2.08. The topological polar surface area (TPSA) is 43.7 Å². The summed E-state index contributed by atoms with van der Waals surface area (Å²) in [6, 6.07) is 5.71. The van der Waals surface area contributed by atoms with Gasteiger partial charge in [-0.15, -0.1) is 0 Å². The Kier molecular flexibility index (Phi) is 1.89. The van der Waals surface area contributed by atoms with E-state index in [1.165, 1.54) is 0 Å². The summed E-state index contributed by atoms with van der Waals surface area (Å²) >= 11 is 0. The van der Waals surface area contributed by atoms with E-state index in [1.54, 1.807) is 31.1 Å². The number of nitrogens with zero attached hydrogens (tertiary/aromatic N) is 1. The van der Waals surface area contributed by atoms with E-state index < -0.39 is 0 Å². The molecule has 3 nitrogen and oxygen atoms in total. The zero-order valence-corrected chi connectivity index (χ0v) is 6.50. The van der Waals surface area contributed by atoms with E-state index in [0.717, 1.165) is 0 Å². The lowest BCUT2D eigenvalue weighted by Gasteiger charge is -2.13. The molecule has 0 unspecified atom stereocenters. The molecule has 59 valence electrons. The van der Waals surface area contributed by atoms with Gasteiger partial charge >= 0.3 is 0 Å². The van der Waals surface area contributed by atoms with Gasteiger partial charge in [0.2, 0.25) is 0 Å². The molecule has 0 spiro atoms. The van der Waals surface area contributed by atoms with Crippen LogP contribution < -0.4 is 4.90 Å². The standard InChI is InChI=1S/C8H10NO2/c1-9(2)6-4-3-5-7(10)8(6)11/h3-4,10-11H,1-2H3. The van der Waals surface area contributed by atoms with Gasteiger partial charge < -0.3 is 15.1 Å². The van der Waals surface area contributed by atoms with Gasteiger partial charge in [0, 0.05) is 20.2 Å². The van der Waals surface area contributed by atoms with Crippen LogP contribution in [0.4, 0.5) is 5.69 Å². The van der Waals surface area contributed by atoms with E-state index in [4.69, 9.17) is 5.11 Å². The minimum atomic E-state index is -0.212. The van der Waals surface area contributed by atoms with Crippen LogP contribution >= 0.6 is 0 Å². The summed E-state index contributed by atoms with van der Waals surface area (Å²) in [5, 5.41) is 18.3. The van der Waals surface area contributed by atoms with Crippen molar-refractivity contribution in [2.75, 3.05) is 19.0 Å². The van der Waals surface area contributed by atoms with Crippen LogP contribution in [0.25, 0.3) is 0 Å². The number of phenols is 2. The van der Waals surface area contributed by atoms with Crippen molar-refractivity contribution in [1.29, 1.82) is 0 Å². The molecule has 11 heavy (non-hydrogen) atoms. The lowest BCUT2D eigenvalue weighted by molar-refractivity contribution is 0.403. The number of hydrogen-bond donors (Lipinski definition) is 2. The molecule has 1 aromatic carbocycles. The number of benzene rings is 1.